The van der Waals surface area contributed by atoms with Gasteiger partial charge in [0.2, 0.25) is 0 Å². The van der Waals surface area contributed by atoms with Gasteiger partial charge in [0.1, 0.15) is 5.65 Å². The van der Waals surface area contributed by atoms with Gasteiger partial charge in [-0.05, 0) is 30.3 Å². The molecular weight excluding hydrogens is 312 g/mol. The van der Waals surface area contributed by atoms with Gasteiger partial charge < -0.3 is 0 Å². The Balaban J connectivity index is 2.30. The smallest absolute Gasteiger partial charge is 0.145 e. The van der Waals surface area contributed by atoms with E-state index < -0.39 is 0 Å². The second-order valence-electron chi connectivity index (χ2n) is 5.08. The van der Waals surface area contributed by atoms with Crippen molar-refractivity contribution in [3.8, 4) is 0 Å². The lowest BCUT2D eigenvalue weighted by Crippen LogP contribution is -1.82. The van der Waals surface area contributed by atoms with Gasteiger partial charge >= 0.3 is 0 Å². The van der Waals surface area contributed by atoms with Gasteiger partial charge in [0.25, 0.3) is 0 Å². The molecule has 0 bridgehead atoms. The molecule has 3 heterocycles. The number of pyridine rings is 1. The topological polar surface area (TPSA) is 17.3 Å². The minimum absolute atomic E-state index is 1.03. The summed E-state index contributed by atoms with van der Waals surface area (Å²) >= 11 is 3.64. The first-order valence-corrected chi connectivity index (χ1v) is 7.32. The first-order valence-electron chi connectivity index (χ1n) is 6.53. The molecule has 0 aliphatic carbocycles. The molecule has 5 rings (SSSR count). The molecule has 0 fully saturated rings. The summed E-state index contributed by atoms with van der Waals surface area (Å²) in [5, 5.41) is 5.03. The van der Waals surface area contributed by atoms with Crippen LogP contribution >= 0.6 is 15.9 Å². The van der Waals surface area contributed by atoms with Crippen molar-refractivity contribution in [1.82, 2.24) is 9.38 Å². The zero-order chi connectivity index (χ0) is 13.3. The number of benzene rings is 2. The Morgan fingerprint density at radius 1 is 0.850 bits per heavy atom. The number of halogens is 1. The third-order valence-electron chi connectivity index (χ3n) is 4.02. The molecule has 0 saturated heterocycles. The molecular formula is C17H9BrN2. The van der Waals surface area contributed by atoms with Gasteiger partial charge in [-0.1, -0.05) is 34.1 Å². The second-order valence-corrected chi connectivity index (χ2v) is 5.99. The Morgan fingerprint density at radius 3 is 2.50 bits per heavy atom. The molecule has 0 aliphatic rings. The van der Waals surface area contributed by atoms with Crippen LogP contribution in [0.25, 0.3) is 38.2 Å². The lowest BCUT2D eigenvalue weighted by molar-refractivity contribution is 1.27. The molecule has 20 heavy (non-hydrogen) atoms. The van der Waals surface area contributed by atoms with Crippen molar-refractivity contribution in [3.05, 3.63) is 59.2 Å². The van der Waals surface area contributed by atoms with Gasteiger partial charge in [0.05, 0.1) is 11.0 Å². The van der Waals surface area contributed by atoms with Crippen molar-refractivity contribution in [2.24, 2.45) is 0 Å². The van der Waals surface area contributed by atoms with Crippen molar-refractivity contribution < 1.29 is 0 Å². The molecule has 0 spiro atoms. The number of hydrogen-bond acceptors (Lipinski definition) is 1. The van der Waals surface area contributed by atoms with E-state index >= 15 is 0 Å². The molecule has 2 nitrogen and oxygen atoms in total. The van der Waals surface area contributed by atoms with Crippen molar-refractivity contribution in [2.75, 3.05) is 0 Å². The van der Waals surface area contributed by atoms with Crippen LogP contribution in [0.4, 0.5) is 0 Å². The fourth-order valence-corrected chi connectivity index (χ4v) is 3.73. The second kappa shape index (κ2) is 3.49. The van der Waals surface area contributed by atoms with Crippen LogP contribution in [0.1, 0.15) is 0 Å². The van der Waals surface area contributed by atoms with E-state index in [9.17, 15) is 0 Å². The maximum absolute atomic E-state index is 4.60. The van der Waals surface area contributed by atoms with E-state index in [-0.39, 0.29) is 0 Å². The lowest BCUT2D eigenvalue weighted by Gasteiger charge is -1.96. The van der Waals surface area contributed by atoms with E-state index in [1.165, 1.54) is 32.6 Å². The van der Waals surface area contributed by atoms with Gasteiger partial charge in [-0.3, -0.25) is 4.40 Å². The van der Waals surface area contributed by atoms with Crippen molar-refractivity contribution in [3.63, 3.8) is 0 Å². The Kier molecular flexibility index (Phi) is 1.86. The van der Waals surface area contributed by atoms with Gasteiger partial charge in [0, 0.05) is 32.2 Å². The van der Waals surface area contributed by atoms with E-state index in [2.05, 4.69) is 67.8 Å². The fraction of sp³-hybridized carbons (Fsp3) is 0. The van der Waals surface area contributed by atoms with Crippen LogP contribution in [0.3, 0.4) is 0 Å². The molecule has 3 aromatic heterocycles. The first-order chi connectivity index (χ1) is 9.84. The van der Waals surface area contributed by atoms with Crippen molar-refractivity contribution in [1.29, 1.82) is 0 Å². The van der Waals surface area contributed by atoms with E-state index in [1.807, 2.05) is 12.3 Å². The monoisotopic (exact) mass is 320 g/mol. The average molecular weight is 321 g/mol. The minimum Gasteiger partial charge on any atom is -0.293 e. The molecule has 5 aromatic rings. The first kappa shape index (κ1) is 10.6. The normalized spacial score (nSPS) is 12.2. The van der Waals surface area contributed by atoms with Crippen LogP contribution < -0.4 is 0 Å². The minimum atomic E-state index is 1.03. The van der Waals surface area contributed by atoms with E-state index in [0.29, 0.717) is 0 Å². The lowest BCUT2D eigenvalue weighted by atomic mass is 10.1. The van der Waals surface area contributed by atoms with E-state index in [0.717, 1.165) is 10.1 Å². The largest absolute Gasteiger partial charge is 0.293 e. The summed E-state index contributed by atoms with van der Waals surface area (Å²) in [4.78, 5) is 4.60. The quantitative estimate of drug-likeness (QED) is 0.392. The summed E-state index contributed by atoms with van der Waals surface area (Å²) in [5.74, 6) is 0. The number of nitrogens with zero attached hydrogens (tertiary/aromatic N) is 2. The summed E-state index contributed by atoms with van der Waals surface area (Å²) < 4.78 is 3.39. The molecule has 0 aliphatic heterocycles. The summed E-state index contributed by atoms with van der Waals surface area (Å²) in [7, 11) is 0. The van der Waals surface area contributed by atoms with E-state index in [1.54, 1.807) is 0 Å². The van der Waals surface area contributed by atoms with Crippen molar-refractivity contribution >= 4 is 54.2 Å². The Hall–Kier alpha value is -2.13. The molecule has 0 amide bonds. The van der Waals surface area contributed by atoms with Crippen LogP contribution in [0, 0.1) is 0 Å². The maximum Gasteiger partial charge on any atom is 0.145 e. The Bertz CT molecular complexity index is 1020. The highest BCUT2D eigenvalue weighted by Crippen LogP contribution is 2.39. The number of fused-ring (bicyclic) bond motifs is 6. The maximum atomic E-state index is 4.60. The molecule has 0 radical (unpaired) electrons. The SMILES string of the molecule is Brc1cc2c3ccccc3n3c4ncccc4c(c1)c23. The van der Waals surface area contributed by atoms with Crippen molar-refractivity contribution in [2.45, 2.75) is 0 Å². The molecule has 3 heteroatoms. The molecule has 0 saturated carbocycles. The molecule has 0 atom stereocenters. The fourth-order valence-electron chi connectivity index (χ4n) is 3.27. The zero-order valence-electron chi connectivity index (χ0n) is 10.5. The van der Waals surface area contributed by atoms with Gasteiger partial charge in [-0.15, -0.1) is 0 Å². The summed E-state index contributed by atoms with van der Waals surface area (Å²) in [6, 6.07) is 17.0. The Morgan fingerprint density at radius 2 is 1.60 bits per heavy atom. The highest BCUT2D eigenvalue weighted by atomic mass is 79.9. The third kappa shape index (κ3) is 1.12. The third-order valence-corrected chi connectivity index (χ3v) is 4.48. The number of para-hydroxylation sites is 1. The van der Waals surface area contributed by atoms with E-state index in [4.69, 9.17) is 0 Å². The van der Waals surface area contributed by atoms with Gasteiger partial charge in [0.15, 0.2) is 0 Å². The number of hydrogen-bond donors (Lipinski definition) is 0. The summed E-state index contributed by atoms with van der Waals surface area (Å²) in [5.41, 5.74) is 3.52. The van der Waals surface area contributed by atoms with Crippen LogP contribution in [0.5, 0.6) is 0 Å². The highest BCUT2D eigenvalue weighted by Gasteiger charge is 2.17. The van der Waals surface area contributed by atoms with Crippen LogP contribution in [0.15, 0.2) is 59.2 Å². The van der Waals surface area contributed by atoms with Gasteiger partial charge in [-0.2, -0.15) is 0 Å². The predicted octanol–water partition coefficient (Wildman–Crippen LogP) is 4.99. The zero-order valence-corrected chi connectivity index (χ0v) is 12.1. The standard InChI is InChI=1S/C17H9BrN2/c18-10-8-13-11-4-1-2-6-15(11)20-16(13)14(9-10)12-5-3-7-19-17(12)20/h1-9H. The molecule has 2 aromatic carbocycles. The van der Waals surface area contributed by atoms with Crippen LogP contribution in [-0.4, -0.2) is 9.38 Å². The van der Waals surface area contributed by atoms with Crippen LogP contribution in [-0.2, 0) is 0 Å². The Labute approximate surface area is 123 Å². The predicted molar refractivity (Wildman–Crippen MR) is 86.6 cm³/mol. The summed E-state index contributed by atoms with van der Waals surface area (Å²) in [6.45, 7) is 0. The number of aromatic nitrogens is 2. The molecule has 0 N–H and O–H groups in total. The summed E-state index contributed by atoms with van der Waals surface area (Å²) in [6.07, 6.45) is 1.86. The molecule has 0 unspecified atom stereocenters. The van der Waals surface area contributed by atoms with Gasteiger partial charge in [-0.25, -0.2) is 4.98 Å². The molecule has 94 valence electrons. The van der Waals surface area contributed by atoms with Crippen LogP contribution in [0.2, 0.25) is 0 Å². The number of rotatable bonds is 0. The highest BCUT2D eigenvalue weighted by molar-refractivity contribution is 9.10. The average Bonchev–Trinajstić information content (AvgIpc) is 2.98.